The average molecular weight is 483 g/mol. The standard InChI is InChI=1S/C31H46O4/c1-26(2)22-9-12-31(7)24(29(22,5)11-10-23(26)33)21(32)17-19-20-18-28(4,25(34)35-8)14-13-27(20,3)15-16-30(19,31)6/h17,20,22,24H,9-16,18H2,1-8H3/t20-,22?,24?,27+,28-,29-,30+,31+/m0/s1. The summed E-state index contributed by atoms with van der Waals surface area (Å²) in [5.74, 6) is 0.980. The lowest BCUT2D eigenvalue weighted by molar-refractivity contribution is -0.188. The van der Waals surface area contributed by atoms with Crippen molar-refractivity contribution < 1.29 is 19.1 Å². The van der Waals surface area contributed by atoms with Gasteiger partial charge in [-0.15, -0.1) is 0 Å². The number of fused-ring (bicyclic) bond motifs is 7. The quantitative estimate of drug-likeness (QED) is 0.390. The van der Waals surface area contributed by atoms with Crippen molar-refractivity contribution in [3.05, 3.63) is 11.6 Å². The van der Waals surface area contributed by atoms with Crippen molar-refractivity contribution in [2.75, 3.05) is 7.11 Å². The number of hydrogen-bond acceptors (Lipinski definition) is 4. The van der Waals surface area contributed by atoms with E-state index in [0.29, 0.717) is 12.2 Å². The van der Waals surface area contributed by atoms with Crippen LogP contribution in [0, 0.1) is 50.2 Å². The highest BCUT2D eigenvalue weighted by Gasteiger charge is 2.70. The summed E-state index contributed by atoms with van der Waals surface area (Å²) in [4.78, 5) is 40.0. The molecule has 4 fully saturated rings. The average Bonchev–Trinajstić information content (AvgIpc) is 2.78. The number of hydrogen-bond donors (Lipinski definition) is 0. The molecule has 194 valence electrons. The van der Waals surface area contributed by atoms with Gasteiger partial charge in [-0.25, -0.2) is 0 Å². The van der Waals surface area contributed by atoms with Gasteiger partial charge in [0.05, 0.1) is 12.5 Å². The third-order valence-corrected chi connectivity index (χ3v) is 13.0. The second-order valence-corrected chi connectivity index (χ2v) is 14.9. The van der Waals surface area contributed by atoms with Crippen LogP contribution < -0.4 is 0 Å². The minimum Gasteiger partial charge on any atom is -0.469 e. The molecule has 0 N–H and O–H groups in total. The molecule has 4 saturated carbocycles. The van der Waals surface area contributed by atoms with Crippen LogP contribution in [0.4, 0.5) is 0 Å². The van der Waals surface area contributed by atoms with Crippen molar-refractivity contribution in [2.24, 2.45) is 50.2 Å². The molecular formula is C31H46O4. The molecule has 0 bridgehead atoms. The molecule has 5 aliphatic rings. The Morgan fingerprint density at radius 2 is 1.57 bits per heavy atom. The van der Waals surface area contributed by atoms with Gasteiger partial charge in [-0.2, -0.15) is 0 Å². The van der Waals surface area contributed by atoms with Crippen molar-refractivity contribution in [2.45, 2.75) is 106 Å². The molecular weight excluding hydrogens is 436 g/mol. The summed E-state index contributed by atoms with van der Waals surface area (Å²) in [6, 6.07) is 0. The molecule has 0 heterocycles. The number of Topliss-reactive ketones (excluding diaryl/α,β-unsaturated/α-hetero) is 1. The molecule has 35 heavy (non-hydrogen) atoms. The first-order valence-corrected chi connectivity index (χ1v) is 14.0. The van der Waals surface area contributed by atoms with Gasteiger partial charge in [0.1, 0.15) is 5.78 Å². The van der Waals surface area contributed by atoms with Crippen LogP contribution in [0.15, 0.2) is 11.6 Å². The van der Waals surface area contributed by atoms with Gasteiger partial charge < -0.3 is 4.74 Å². The third kappa shape index (κ3) is 3.00. The van der Waals surface area contributed by atoms with Gasteiger partial charge in [0.2, 0.25) is 0 Å². The number of esters is 1. The largest absolute Gasteiger partial charge is 0.469 e. The summed E-state index contributed by atoms with van der Waals surface area (Å²) in [6.07, 6.45) is 10.3. The van der Waals surface area contributed by atoms with Crippen LogP contribution in [0.1, 0.15) is 106 Å². The Bertz CT molecular complexity index is 1020. The second kappa shape index (κ2) is 7.32. The summed E-state index contributed by atoms with van der Waals surface area (Å²) in [7, 11) is 1.50. The molecule has 0 saturated heterocycles. The van der Waals surface area contributed by atoms with Crippen LogP contribution in [0.25, 0.3) is 0 Å². The van der Waals surface area contributed by atoms with Crippen LogP contribution in [0.5, 0.6) is 0 Å². The van der Waals surface area contributed by atoms with Gasteiger partial charge in [-0.3, -0.25) is 14.4 Å². The van der Waals surface area contributed by atoms with Gasteiger partial charge in [0, 0.05) is 17.8 Å². The Kier molecular flexibility index (Phi) is 5.27. The van der Waals surface area contributed by atoms with Gasteiger partial charge >= 0.3 is 5.97 Å². The monoisotopic (exact) mass is 482 g/mol. The molecule has 0 aromatic heterocycles. The number of carbonyl (C=O) groups is 3. The van der Waals surface area contributed by atoms with E-state index in [0.717, 1.165) is 51.4 Å². The Balaban J connectivity index is 1.62. The van der Waals surface area contributed by atoms with Gasteiger partial charge in [0.25, 0.3) is 0 Å². The van der Waals surface area contributed by atoms with Crippen molar-refractivity contribution in [3.8, 4) is 0 Å². The molecule has 8 atom stereocenters. The lowest BCUT2D eigenvalue weighted by Crippen LogP contribution is -2.66. The first-order chi connectivity index (χ1) is 16.1. The van der Waals surface area contributed by atoms with E-state index in [1.807, 2.05) is 0 Å². The molecule has 4 heteroatoms. The van der Waals surface area contributed by atoms with E-state index in [2.05, 4.69) is 54.5 Å². The molecule has 5 aliphatic carbocycles. The molecule has 0 aromatic carbocycles. The molecule has 0 amide bonds. The second-order valence-electron chi connectivity index (χ2n) is 14.9. The summed E-state index contributed by atoms with van der Waals surface area (Å²) < 4.78 is 5.24. The van der Waals surface area contributed by atoms with E-state index in [4.69, 9.17) is 4.74 Å². The van der Waals surface area contributed by atoms with E-state index in [1.54, 1.807) is 0 Å². The number of allylic oxidation sites excluding steroid dienone is 2. The normalized spacial score (nSPS) is 50.7. The van der Waals surface area contributed by atoms with Gasteiger partial charge in [-0.1, -0.05) is 47.1 Å². The first kappa shape index (κ1) is 25.2. The maximum atomic E-state index is 14.3. The van der Waals surface area contributed by atoms with Crippen molar-refractivity contribution in [1.29, 1.82) is 0 Å². The zero-order chi connectivity index (χ0) is 25.8. The Morgan fingerprint density at radius 1 is 0.914 bits per heavy atom. The minimum absolute atomic E-state index is 0.0465. The minimum atomic E-state index is -0.490. The Morgan fingerprint density at radius 3 is 2.23 bits per heavy atom. The number of methoxy groups -OCH3 is 1. The van der Waals surface area contributed by atoms with E-state index < -0.39 is 5.41 Å². The first-order valence-electron chi connectivity index (χ1n) is 14.0. The van der Waals surface area contributed by atoms with Crippen molar-refractivity contribution in [1.82, 2.24) is 0 Å². The zero-order valence-corrected chi connectivity index (χ0v) is 23.3. The maximum Gasteiger partial charge on any atom is 0.311 e. The van der Waals surface area contributed by atoms with Crippen LogP contribution in [-0.4, -0.2) is 24.6 Å². The van der Waals surface area contributed by atoms with E-state index >= 15 is 0 Å². The molecule has 0 spiro atoms. The molecule has 2 unspecified atom stereocenters. The van der Waals surface area contributed by atoms with Crippen LogP contribution in [0.3, 0.4) is 0 Å². The lowest BCUT2D eigenvalue weighted by Gasteiger charge is -2.69. The smallest absolute Gasteiger partial charge is 0.311 e. The molecule has 0 aromatic rings. The van der Waals surface area contributed by atoms with Gasteiger partial charge in [-0.05, 0) is 97.9 Å². The number of rotatable bonds is 1. The molecule has 0 aliphatic heterocycles. The highest BCUT2D eigenvalue weighted by Crippen LogP contribution is 2.74. The summed E-state index contributed by atoms with van der Waals surface area (Å²) in [6.45, 7) is 15.9. The van der Waals surface area contributed by atoms with Crippen LogP contribution >= 0.6 is 0 Å². The molecule has 0 radical (unpaired) electrons. The topological polar surface area (TPSA) is 60.4 Å². The predicted molar refractivity (Wildman–Crippen MR) is 136 cm³/mol. The fourth-order valence-electron chi connectivity index (χ4n) is 10.4. The maximum absolute atomic E-state index is 14.3. The number of ether oxygens (including phenoxy) is 1. The van der Waals surface area contributed by atoms with Crippen molar-refractivity contribution >= 4 is 17.5 Å². The highest BCUT2D eigenvalue weighted by atomic mass is 16.5. The summed E-state index contributed by atoms with van der Waals surface area (Å²) in [5, 5.41) is 0. The highest BCUT2D eigenvalue weighted by molar-refractivity contribution is 5.96. The Labute approximate surface area is 212 Å². The fraction of sp³-hybridized carbons (Fsp3) is 0.839. The van der Waals surface area contributed by atoms with Crippen LogP contribution in [0.2, 0.25) is 0 Å². The van der Waals surface area contributed by atoms with Crippen LogP contribution in [-0.2, 0) is 19.1 Å². The lowest BCUT2D eigenvalue weighted by atomic mass is 9.33. The fourth-order valence-corrected chi connectivity index (χ4v) is 10.4. The predicted octanol–water partition coefficient (Wildman–Crippen LogP) is 6.71. The molecule has 4 nitrogen and oxygen atoms in total. The number of ketones is 2. The molecule has 5 rings (SSSR count). The summed E-state index contributed by atoms with van der Waals surface area (Å²) >= 11 is 0. The number of carbonyl (C=O) groups excluding carboxylic acids is 3. The van der Waals surface area contributed by atoms with Crippen molar-refractivity contribution in [3.63, 3.8) is 0 Å². The zero-order valence-electron chi connectivity index (χ0n) is 23.3. The van der Waals surface area contributed by atoms with E-state index in [1.165, 1.54) is 12.7 Å². The third-order valence-electron chi connectivity index (χ3n) is 13.0. The SMILES string of the molecule is COC(=O)[C@@]1(C)CC[C@]2(C)CC[C@]3(C)C(=CC(=O)C4[C@@]5(C)CCC(=O)C(C)(C)C5CC[C@]43C)[C@@H]2C1. The van der Waals surface area contributed by atoms with E-state index in [9.17, 15) is 14.4 Å². The van der Waals surface area contributed by atoms with E-state index in [-0.39, 0.29) is 56.6 Å². The Hall–Kier alpha value is -1.45. The summed E-state index contributed by atoms with van der Waals surface area (Å²) in [5.41, 5.74) is 0.244. The van der Waals surface area contributed by atoms with Gasteiger partial charge in [0.15, 0.2) is 5.78 Å².